The van der Waals surface area contributed by atoms with E-state index in [4.69, 9.17) is 4.74 Å². The first-order valence-corrected chi connectivity index (χ1v) is 7.77. The van der Waals surface area contributed by atoms with Crippen LogP contribution in [0.4, 0.5) is 5.69 Å². The van der Waals surface area contributed by atoms with Crippen molar-refractivity contribution in [3.63, 3.8) is 0 Å². The molecule has 0 fully saturated rings. The van der Waals surface area contributed by atoms with Crippen LogP contribution in [-0.4, -0.2) is 13.0 Å². The minimum atomic E-state index is -0.436. The lowest BCUT2D eigenvalue weighted by molar-refractivity contribution is -0.112. The Bertz CT molecular complexity index is 986. The Kier molecular flexibility index (Phi) is 4.77. The smallest absolute Gasteiger partial charge is 0.266 e. The van der Waals surface area contributed by atoms with Gasteiger partial charge in [-0.25, -0.2) is 0 Å². The largest absolute Gasteiger partial charge is 0.496 e. The maximum Gasteiger partial charge on any atom is 0.266 e. The summed E-state index contributed by atoms with van der Waals surface area (Å²) in [4.78, 5) is 12.4. The van der Waals surface area contributed by atoms with Crippen LogP contribution in [0, 0.1) is 11.3 Å². The van der Waals surface area contributed by atoms with Crippen LogP contribution in [0.5, 0.6) is 5.75 Å². The molecule has 0 saturated heterocycles. The lowest BCUT2D eigenvalue weighted by atomic mass is 10.0. The first-order chi connectivity index (χ1) is 12.2. The second-order valence-electron chi connectivity index (χ2n) is 5.39. The molecule has 0 unspecified atom stereocenters. The molecule has 4 heteroatoms. The van der Waals surface area contributed by atoms with E-state index in [2.05, 4.69) is 5.32 Å². The molecule has 0 aliphatic rings. The van der Waals surface area contributed by atoms with Crippen molar-refractivity contribution in [2.45, 2.75) is 0 Å². The van der Waals surface area contributed by atoms with Crippen molar-refractivity contribution >= 4 is 28.4 Å². The van der Waals surface area contributed by atoms with Gasteiger partial charge < -0.3 is 10.1 Å². The summed E-state index contributed by atoms with van der Waals surface area (Å²) in [6, 6.07) is 22.4. The summed E-state index contributed by atoms with van der Waals surface area (Å²) in [6.07, 6.45) is 1.60. The second kappa shape index (κ2) is 7.33. The van der Waals surface area contributed by atoms with Crippen molar-refractivity contribution in [1.29, 1.82) is 5.26 Å². The van der Waals surface area contributed by atoms with Gasteiger partial charge in [-0.3, -0.25) is 4.79 Å². The minimum absolute atomic E-state index is 0.0409. The van der Waals surface area contributed by atoms with Gasteiger partial charge in [-0.1, -0.05) is 48.5 Å². The Balaban J connectivity index is 1.99. The number of benzene rings is 3. The summed E-state index contributed by atoms with van der Waals surface area (Å²) in [5, 5.41) is 14.0. The molecule has 1 amide bonds. The standard InChI is InChI=1S/C21H16N2O2/c1-25-20-12-11-15(18-9-5-6-10-19(18)20)13-16(14-22)21(24)23-17-7-3-2-4-8-17/h2-13H,1H3,(H,23,24)/b16-13-. The second-order valence-corrected chi connectivity index (χ2v) is 5.39. The number of hydrogen-bond acceptors (Lipinski definition) is 3. The lowest BCUT2D eigenvalue weighted by Crippen LogP contribution is -2.13. The van der Waals surface area contributed by atoms with E-state index in [1.54, 1.807) is 25.3 Å². The van der Waals surface area contributed by atoms with Crippen LogP contribution in [0.1, 0.15) is 5.56 Å². The van der Waals surface area contributed by atoms with Crippen LogP contribution >= 0.6 is 0 Å². The zero-order valence-corrected chi connectivity index (χ0v) is 13.7. The zero-order chi connectivity index (χ0) is 17.6. The Labute approximate surface area is 146 Å². The molecule has 3 rings (SSSR count). The van der Waals surface area contributed by atoms with Crippen LogP contribution in [0.25, 0.3) is 16.8 Å². The number of anilines is 1. The van der Waals surface area contributed by atoms with Gasteiger partial charge in [-0.05, 0) is 35.2 Å². The van der Waals surface area contributed by atoms with E-state index >= 15 is 0 Å². The molecule has 4 nitrogen and oxygen atoms in total. The summed E-state index contributed by atoms with van der Waals surface area (Å²) in [5.41, 5.74) is 1.48. The van der Waals surface area contributed by atoms with Gasteiger partial charge >= 0.3 is 0 Å². The first-order valence-electron chi connectivity index (χ1n) is 7.77. The monoisotopic (exact) mass is 328 g/mol. The van der Waals surface area contributed by atoms with Crippen molar-refractivity contribution < 1.29 is 9.53 Å². The molecule has 0 aliphatic carbocycles. The van der Waals surface area contributed by atoms with E-state index in [0.717, 1.165) is 22.1 Å². The van der Waals surface area contributed by atoms with Gasteiger partial charge in [-0.15, -0.1) is 0 Å². The first kappa shape index (κ1) is 16.3. The van der Waals surface area contributed by atoms with Crippen molar-refractivity contribution in [3.05, 3.63) is 77.9 Å². The van der Waals surface area contributed by atoms with E-state index in [1.807, 2.05) is 60.7 Å². The third-order valence-corrected chi connectivity index (χ3v) is 3.83. The summed E-state index contributed by atoms with van der Waals surface area (Å²) >= 11 is 0. The summed E-state index contributed by atoms with van der Waals surface area (Å²) in [5.74, 6) is 0.314. The number of para-hydroxylation sites is 1. The Morgan fingerprint density at radius 1 is 1.00 bits per heavy atom. The average Bonchev–Trinajstić information content (AvgIpc) is 2.66. The molecule has 25 heavy (non-hydrogen) atoms. The Morgan fingerprint density at radius 2 is 1.68 bits per heavy atom. The number of nitriles is 1. The summed E-state index contributed by atoms with van der Waals surface area (Å²) in [6.45, 7) is 0. The quantitative estimate of drug-likeness (QED) is 0.570. The van der Waals surface area contributed by atoms with Crippen LogP contribution in [-0.2, 0) is 4.79 Å². The fourth-order valence-electron chi connectivity index (χ4n) is 2.62. The van der Waals surface area contributed by atoms with Gasteiger partial charge in [0, 0.05) is 11.1 Å². The molecular weight excluding hydrogens is 312 g/mol. The van der Waals surface area contributed by atoms with Crippen molar-refractivity contribution in [1.82, 2.24) is 0 Å². The number of methoxy groups -OCH3 is 1. The van der Waals surface area contributed by atoms with Crippen LogP contribution in [0.2, 0.25) is 0 Å². The maximum atomic E-state index is 12.4. The lowest BCUT2D eigenvalue weighted by Gasteiger charge is -2.09. The molecule has 3 aromatic rings. The molecule has 3 aromatic carbocycles. The number of carbonyl (C=O) groups excluding carboxylic acids is 1. The SMILES string of the molecule is COc1ccc(/C=C(/C#N)C(=O)Nc2ccccc2)c2ccccc12. The molecule has 0 atom stereocenters. The normalized spacial score (nSPS) is 11.0. The average molecular weight is 328 g/mol. The highest BCUT2D eigenvalue weighted by Gasteiger charge is 2.11. The summed E-state index contributed by atoms with van der Waals surface area (Å²) < 4.78 is 5.38. The maximum absolute atomic E-state index is 12.4. The van der Waals surface area contributed by atoms with Crippen LogP contribution in [0.3, 0.4) is 0 Å². The molecule has 0 radical (unpaired) electrons. The van der Waals surface area contributed by atoms with Crippen molar-refractivity contribution in [3.8, 4) is 11.8 Å². The number of fused-ring (bicyclic) bond motifs is 1. The predicted molar refractivity (Wildman–Crippen MR) is 99.2 cm³/mol. The number of rotatable bonds is 4. The molecular formula is C21H16N2O2. The summed E-state index contributed by atoms with van der Waals surface area (Å²) in [7, 11) is 1.62. The molecule has 0 bridgehead atoms. The van der Waals surface area contributed by atoms with E-state index in [0.29, 0.717) is 5.69 Å². The number of nitrogens with zero attached hydrogens (tertiary/aromatic N) is 1. The molecule has 0 saturated carbocycles. The molecule has 0 heterocycles. The van der Waals surface area contributed by atoms with Crippen LogP contribution in [0.15, 0.2) is 72.3 Å². The predicted octanol–water partition coefficient (Wildman–Crippen LogP) is 4.39. The number of carbonyl (C=O) groups is 1. The minimum Gasteiger partial charge on any atom is -0.496 e. The fraction of sp³-hybridized carbons (Fsp3) is 0.0476. The number of nitrogens with one attached hydrogen (secondary N) is 1. The highest BCUT2D eigenvalue weighted by molar-refractivity contribution is 6.11. The van der Waals surface area contributed by atoms with Gasteiger partial charge in [-0.2, -0.15) is 5.26 Å². The zero-order valence-electron chi connectivity index (χ0n) is 13.7. The van der Waals surface area contributed by atoms with Gasteiger partial charge in [0.1, 0.15) is 17.4 Å². The third kappa shape index (κ3) is 3.51. The van der Waals surface area contributed by atoms with E-state index in [-0.39, 0.29) is 5.57 Å². The van der Waals surface area contributed by atoms with E-state index in [9.17, 15) is 10.1 Å². The molecule has 0 aliphatic heterocycles. The Hall–Kier alpha value is -3.58. The van der Waals surface area contributed by atoms with Gasteiger partial charge in [0.15, 0.2) is 0 Å². The third-order valence-electron chi connectivity index (χ3n) is 3.83. The molecule has 0 spiro atoms. The van der Waals surface area contributed by atoms with Crippen molar-refractivity contribution in [2.24, 2.45) is 0 Å². The van der Waals surface area contributed by atoms with Crippen LogP contribution < -0.4 is 10.1 Å². The number of hydrogen-bond donors (Lipinski definition) is 1. The number of ether oxygens (including phenoxy) is 1. The van der Waals surface area contributed by atoms with Crippen molar-refractivity contribution in [2.75, 3.05) is 12.4 Å². The molecule has 122 valence electrons. The topological polar surface area (TPSA) is 62.1 Å². The highest BCUT2D eigenvalue weighted by atomic mass is 16.5. The molecule has 1 N–H and O–H groups in total. The fourth-order valence-corrected chi connectivity index (χ4v) is 2.62. The molecule has 0 aromatic heterocycles. The highest BCUT2D eigenvalue weighted by Crippen LogP contribution is 2.29. The number of amides is 1. The van der Waals surface area contributed by atoms with E-state index in [1.165, 1.54) is 0 Å². The van der Waals surface area contributed by atoms with E-state index < -0.39 is 5.91 Å². The van der Waals surface area contributed by atoms with Gasteiger partial charge in [0.2, 0.25) is 0 Å². The Morgan fingerprint density at radius 3 is 2.36 bits per heavy atom. The van der Waals surface area contributed by atoms with Gasteiger partial charge in [0.05, 0.1) is 7.11 Å². The van der Waals surface area contributed by atoms with Gasteiger partial charge in [0.25, 0.3) is 5.91 Å².